The Hall–Kier alpha value is -10.9. The molecule has 13 aliphatic heterocycles. The largest absolute Gasteiger partial charge is 0.465 e. The maximum atomic E-state index is 12.8. The van der Waals surface area contributed by atoms with E-state index in [1.54, 1.807) is 20.8 Å². The van der Waals surface area contributed by atoms with Gasteiger partial charge in [0.2, 0.25) is 0 Å². The second-order valence-corrected chi connectivity index (χ2v) is 42.7. The van der Waals surface area contributed by atoms with Gasteiger partial charge in [-0.25, -0.2) is 52.7 Å². The number of ketones is 1. The zero-order valence-corrected chi connectivity index (χ0v) is 79.6. The van der Waals surface area contributed by atoms with Crippen LogP contribution in [0, 0.1) is 46.8 Å². The summed E-state index contributed by atoms with van der Waals surface area (Å²) in [5, 5.41) is 8.64. The van der Waals surface area contributed by atoms with Gasteiger partial charge >= 0.3 is 83.6 Å². The number of hydrogen-bond donors (Lipinski definition) is 1. The standard InChI is InChI=1S/C18H20O6.C16H22O4.C15H18O3.C14H16O4.C13H14O4.C11H16O3.C10H12O4.C8H12O3/c1-8-7-18(24-15(8)19)4-2-3-12(18)17(21)22-13-9-5-10-11(6-9)16(20)23-14(10)13;1-5-15(19-13(17)11(2)3)6-8-16(9-7-15)10-12(4)14(18)20-16;1-9-6-14(8-12(9)16)4-5-15(11(14)3)7-10(2)13(17)18-15;1-9-7-13(17-11(9)15)3-5-14(6-4-13)8-10(2)12(16)18-14;1-8-5-12(16-10(8)14)3-4-13(7-12)6-9(2)11(15)17-13;1-4-9-11(8(3)6-13-9)5-7(2)10(12)14-11;1-6-5-10(2,14-8(6)11)7-3-4-13-9(7)12;1-6-5-8(2,3-4-9)11-7(6)10/h9-14H,1-7H2;2,4-10H2,1,3H3;11H,1-2,4-8H2,3H3;1-8H2;1-7H2;8-9H,2,4-6H2,1,3H3;7H,1,3-5H2,2H3;9H,1,3-5H2,2H3. The summed E-state index contributed by atoms with van der Waals surface area (Å²) in [5.74, 6) is -3.83. The van der Waals surface area contributed by atoms with Crippen LogP contribution in [0.15, 0.2) is 146 Å². The molecule has 736 valence electrons. The third-order valence-corrected chi connectivity index (χ3v) is 33.0. The van der Waals surface area contributed by atoms with Crippen LogP contribution in [0.25, 0.3) is 0 Å². The van der Waals surface area contributed by atoms with Crippen molar-refractivity contribution in [3.63, 3.8) is 0 Å². The molecule has 0 amide bonds. The molecule has 21 aliphatic rings. The van der Waals surface area contributed by atoms with E-state index in [9.17, 15) is 71.9 Å². The zero-order chi connectivity index (χ0) is 99.1. The fourth-order valence-corrected chi connectivity index (χ4v) is 25.0. The number of Topliss-reactive ketones (excluding diaryl/α,β-unsaturated/α-hetero) is 1. The molecule has 21 fully saturated rings. The van der Waals surface area contributed by atoms with Gasteiger partial charge in [-0.2, -0.15) is 0 Å². The molecule has 2 bridgehead atoms. The van der Waals surface area contributed by atoms with Crippen molar-refractivity contribution in [2.24, 2.45) is 46.8 Å². The Balaban J connectivity index is 0.000000126. The lowest BCUT2D eigenvalue weighted by atomic mass is 9.72. The van der Waals surface area contributed by atoms with E-state index in [0.29, 0.717) is 190 Å². The molecule has 18 unspecified atom stereocenters. The summed E-state index contributed by atoms with van der Waals surface area (Å²) in [6, 6.07) is 0. The van der Waals surface area contributed by atoms with Crippen LogP contribution in [0.5, 0.6) is 0 Å². The molecule has 8 saturated carbocycles. The number of carbonyl (C=O) groups excluding carboxylic acids is 15. The monoisotopic (exact) mass is 1890 g/mol. The molecule has 0 aromatic heterocycles. The summed E-state index contributed by atoms with van der Waals surface area (Å²) >= 11 is 0. The van der Waals surface area contributed by atoms with Crippen LogP contribution in [0.1, 0.15) is 267 Å². The van der Waals surface area contributed by atoms with Gasteiger partial charge in [-0.15, -0.1) is 0 Å². The zero-order valence-electron chi connectivity index (χ0n) is 79.6. The normalized spacial score (nSPS) is 40.1. The van der Waals surface area contributed by atoms with Crippen LogP contribution in [-0.4, -0.2) is 194 Å². The van der Waals surface area contributed by atoms with Crippen molar-refractivity contribution in [3.05, 3.63) is 146 Å². The molecule has 9 spiro atoms. The second-order valence-electron chi connectivity index (χ2n) is 42.7. The molecule has 18 atom stereocenters. The van der Waals surface area contributed by atoms with Crippen LogP contribution in [0.2, 0.25) is 0 Å². The Morgan fingerprint density at radius 1 is 0.463 bits per heavy atom. The van der Waals surface area contributed by atoms with Crippen LogP contribution in [0.4, 0.5) is 0 Å². The molecule has 0 radical (unpaired) electrons. The van der Waals surface area contributed by atoms with E-state index in [1.807, 2.05) is 6.92 Å². The van der Waals surface area contributed by atoms with Gasteiger partial charge in [-0.05, 0) is 167 Å². The molecule has 13 heterocycles. The number of aliphatic hydroxyl groups is 1. The summed E-state index contributed by atoms with van der Waals surface area (Å²) < 4.78 is 81.5. The molecule has 13 saturated heterocycles. The maximum absolute atomic E-state index is 12.8. The van der Waals surface area contributed by atoms with Gasteiger partial charge in [-0.1, -0.05) is 107 Å². The Morgan fingerprint density at radius 2 is 0.919 bits per heavy atom. The number of allylic oxidation sites excluding steroid dienone is 1. The Kier molecular flexibility index (Phi) is 27.8. The number of esters is 14. The third-order valence-electron chi connectivity index (χ3n) is 33.0. The van der Waals surface area contributed by atoms with Crippen LogP contribution >= 0.6 is 0 Å². The predicted molar refractivity (Wildman–Crippen MR) is 483 cm³/mol. The number of cyclic esters (lactones) is 3. The lowest BCUT2D eigenvalue weighted by Gasteiger charge is -2.42. The number of aliphatic hydroxyl groups excluding tert-OH is 1. The first-order valence-electron chi connectivity index (χ1n) is 47.8. The van der Waals surface area contributed by atoms with Crippen molar-refractivity contribution in [1.82, 2.24) is 0 Å². The van der Waals surface area contributed by atoms with Crippen molar-refractivity contribution in [2.75, 3.05) is 19.8 Å². The van der Waals surface area contributed by atoms with Crippen molar-refractivity contribution < 1.29 is 148 Å². The lowest BCUT2D eigenvalue weighted by Crippen LogP contribution is -2.45. The van der Waals surface area contributed by atoms with Crippen molar-refractivity contribution in [3.8, 4) is 0 Å². The van der Waals surface area contributed by atoms with E-state index < -0.39 is 79.5 Å². The fourth-order valence-electron chi connectivity index (χ4n) is 25.0. The average molecular weight is 1890 g/mol. The fraction of sp³-hybridized carbons (Fsp3) is 0.629. The minimum atomic E-state index is -0.766. The minimum Gasteiger partial charge on any atom is -0.465 e. The molecule has 136 heavy (non-hydrogen) atoms. The number of rotatable bonds is 9. The highest BCUT2D eigenvalue weighted by Crippen LogP contribution is 2.63. The summed E-state index contributed by atoms with van der Waals surface area (Å²) in [5.41, 5.74) is 0.896. The van der Waals surface area contributed by atoms with E-state index in [-0.39, 0.29) is 143 Å². The average Bonchev–Trinajstić information content (AvgIpc) is 1.58. The van der Waals surface area contributed by atoms with E-state index in [1.165, 1.54) is 0 Å². The quantitative estimate of drug-likeness (QED) is 0.127. The number of fused-ring (bicyclic) bond motifs is 1. The third kappa shape index (κ3) is 19.4. The molecular weight excluding hydrogens is 1760 g/mol. The SMILES string of the molecule is C=C(C)C(=O)OC1(CC)CCC2(CC1)CC(=C)C(=O)O2.C=C1CC(C)(C2CCOC2=O)OC1=O.C=C1CC(C)(CCO)OC1=O.C=C1CC2(CCC3(CC(=C)C(=O)O3)C2)OC1=O.C=C1CC2(CCC3(CC(=C)C(=O)O3)C2C)CC1=O.C=C1CC2(CCC3(CC2)CC(=C)C(=O)O3)OC1=O.C=C1CC2(CCCC2C(=O)OC2C3CC4C(=O)OC2C4C3)OC1=O.C=C1CC2(OC1=O)C(C)COC2CC. The molecule has 8 aliphatic carbocycles. The van der Waals surface area contributed by atoms with Crippen LogP contribution in [-0.2, 0) is 143 Å². The van der Waals surface area contributed by atoms with Crippen molar-refractivity contribution >= 4 is 89.4 Å². The smallest absolute Gasteiger partial charge is 0.334 e. The van der Waals surface area contributed by atoms with Gasteiger partial charge in [0.25, 0.3) is 0 Å². The van der Waals surface area contributed by atoms with Gasteiger partial charge in [0.05, 0.1) is 37.1 Å². The first-order valence-corrected chi connectivity index (χ1v) is 47.8. The van der Waals surface area contributed by atoms with E-state index in [2.05, 4.69) is 99.7 Å². The number of hydrogen-bond acceptors (Lipinski definition) is 31. The first kappa shape index (κ1) is 101. The Labute approximate surface area is 792 Å². The Morgan fingerprint density at radius 3 is 1.33 bits per heavy atom. The topological polar surface area (TPSA) is 415 Å². The second kappa shape index (κ2) is 37.4. The highest BCUT2D eigenvalue weighted by Gasteiger charge is 2.67. The van der Waals surface area contributed by atoms with Crippen molar-refractivity contribution in [1.29, 1.82) is 0 Å². The molecule has 31 nitrogen and oxygen atoms in total. The van der Waals surface area contributed by atoms with Gasteiger partial charge in [0.15, 0.2) is 5.78 Å². The molecule has 0 aromatic carbocycles. The predicted octanol–water partition coefficient (Wildman–Crippen LogP) is 14.0. The Bertz CT molecular complexity index is 4890. The maximum Gasteiger partial charge on any atom is 0.334 e. The summed E-state index contributed by atoms with van der Waals surface area (Å²) in [7, 11) is 0. The lowest BCUT2D eigenvalue weighted by molar-refractivity contribution is -0.175. The van der Waals surface area contributed by atoms with E-state index >= 15 is 0 Å². The van der Waals surface area contributed by atoms with E-state index in [4.69, 9.17) is 76.2 Å². The van der Waals surface area contributed by atoms with Gasteiger partial charge < -0.3 is 76.2 Å². The van der Waals surface area contributed by atoms with Gasteiger partial charge in [-0.3, -0.25) is 19.2 Å². The highest BCUT2D eigenvalue weighted by atomic mass is 16.6. The number of carbonyl (C=O) groups is 15. The molecular formula is C105H130O31. The van der Waals surface area contributed by atoms with Crippen LogP contribution in [0.3, 0.4) is 0 Å². The van der Waals surface area contributed by atoms with E-state index in [0.717, 1.165) is 108 Å². The first-order chi connectivity index (χ1) is 63.8. The number of ether oxygens (including phenoxy) is 15. The highest BCUT2D eigenvalue weighted by molar-refractivity contribution is 5.99. The van der Waals surface area contributed by atoms with Gasteiger partial charge in [0, 0.05) is 175 Å². The van der Waals surface area contributed by atoms with Crippen LogP contribution < -0.4 is 0 Å². The minimum absolute atomic E-state index is 0.00638. The summed E-state index contributed by atoms with van der Waals surface area (Å²) in [6.07, 6.45) is 22.5. The molecule has 1 N–H and O–H groups in total. The molecule has 21 rings (SSSR count). The summed E-state index contributed by atoms with van der Waals surface area (Å²) in [6.45, 7) is 59.1. The summed E-state index contributed by atoms with van der Waals surface area (Å²) in [4.78, 5) is 174. The molecule has 0 aromatic rings. The molecule has 31 heteroatoms. The van der Waals surface area contributed by atoms with Gasteiger partial charge in [0.1, 0.15) is 73.8 Å². The van der Waals surface area contributed by atoms with Crippen molar-refractivity contribution in [2.45, 2.75) is 347 Å².